The Kier molecular flexibility index (Phi) is 18.1. The number of β-lactam (4-membered cyclic amide) rings is 1. The lowest BCUT2D eigenvalue weighted by Gasteiger charge is -2.49. The van der Waals surface area contributed by atoms with E-state index in [4.69, 9.17) is 15.2 Å². The highest BCUT2D eigenvalue weighted by atomic mass is 35.5. The number of halogens is 2. The number of rotatable bonds is 19. The first-order chi connectivity index (χ1) is 22.6. The monoisotopic (exact) mass is 781 g/mol. The Labute approximate surface area is 311 Å². The molecular weight excluding hydrogens is 737 g/mol. The van der Waals surface area contributed by atoms with E-state index in [0.29, 0.717) is 52.4 Å². The van der Waals surface area contributed by atoms with Crippen LogP contribution in [0.2, 0.25) is 0 Å². The zero-order valence-corrected chi connectivity index (χ0v) is 32.1. The third-order valence-electron chi connectivity index (χ3n) is 7.64. The molecule has 2 aromatic rings. The van der Waals surface area contributed by atoms with Crippen molar-refractivity contribution in [2.24, 2.45) is 5.92 Å². The van der Waals surface area contributed by atoms with Gasteiger partial charge in [-0.15, -0.1) is 53.0 Å². The number of likely N-dealkylation sites (N-methyl/N-ethyl adjacent to an activating group) is 1. The summed E-state index contributed by atoms with van der Waals surface area (Å²) in [5.74, 6) is -1.52. The van der Waals surface area contributed by atoms with E-state index < -0.39 is 36.1 Å². The lowest BCUT2D eigenvalue weighted by Crippen LogP contribution is -2.70. The number of nitrogens with two attached hydrogens (primary N) is 1. The summed E-state index contributed by atoms with van der Waals surface area (Å²) < 4.78 is 12.5. The number of esters is 2. The molecule has 0 unspecified atom stereocenters. The Bertz CT molecular complexity index is 1440. The van der Waals surface area contributed by atoms with Crippen molar-refractivity contribution in [3.8, 4) is 0 Å². The highest BCUT2D eigenvalue weighted by Crippen LogP contribution is 2.42. The van der Waals surface area contributed by atoms with Crippen LogP contribution < -0.4 is 11.1 Å². The van der Waals surface area contributed by atoms with Gasteiger partial charge in [0.05, 0.1) is 24.6 Å². The summed E-state index contributed by atoms with van der Waals surface area (Å²) in [6.45, 7) is 4.89. The van der Waals surface area contributed by atoms with Gasteiger partial charge in [0, 0.05) is 23.4 Å². The Hall–Kier alpha value is -2.64. The molecule has 4 heterocycles. The van der Waals surface area contributed by atoms with E-state index in [1.165, 1.54) is 39.8 Å². The third-order valence-corrected chi connectivity index (χ3v) is 10.7. The maximum Gasteiger partial charge on any atom is 0.357 e. The van der Waals surface area contributed by atoms with Crippen LogP contribution in [0.15, 0.2) is 21.8 Å². The summed E-state index contributed by atoms with van der Waals surface area (Å²) in [5, 5.41) is 16.9. The van der Waals surface area contributed by atoms with Crippen molar-refractivity contribution >= 4 is 88.6 Å². The quantitative estimate of drug-likeness (QED) is 0.0916. The number of hydrogen-bond acceptors (Lipinski definition) is 15. The number of tetrazole rings is 1. The van der Waals surface area contributed by atoms with Crippen LogP contribution in [0.4, 0.5) is 5.13 Å². The molecule has 49 heavy (non-hydrogen) atoms. The predicted octanol–water partition coefficient (Wildman–Crippen LogP) is 3.15. The second-order valence-corrected chi connectivity index (χ2v) is 14.5. The summed E-state index contributed by atoms with van der Waals surface area (Å²) in [4.78, 5) is 60.1. The van der Waals surface area contributed by atoms with Crippen molar-refractivity contribution in [2.45, 2.75) is 81.9 Å². The molecule has 0 bridgehead atoms. The number of amides is 2. The van der Waals surface area contributed by atoms with Crippen LogP contribution in [0.1, 0.15) is 58.1 Å². The van der Waals surface area contributed by atoms with Crippen LogP contribution in [0.5, 0.6) is 0 Å². The van der Waals surface area contributed by atoms with Crippen molar-refractivity contribution in [3.63, 3.8) is 0 Å². The lowest BCUT2D eigenvalue weighted by atomic mass is 9.96. The van der Waals surface area contributed by atoms with Gasteiger partial charge >= 0.3 is 11.9 Å². The number of nitrogens with one attached hydrogen (secondary N) is 1. The first-order valence-electron chi connectivity index (χ1n) is 15.7. The maximum absolute atomic E-state index is 13.6. The van der Waals surface area contributed by atoms with Crippen LogP contribution in [0, 0.1) is 5.92 Å². The molecule has 2 aliphatic heterocycles. The molecule has 20 heteroatoms. The van der Waals surface area contributed by atoms with Gasteiger partial charge in [0.2, 0.25) is 17.9 Å². The Morgan fingerprint density at radius 2 is 1.88 bits per heavy atom. The summed E-state index contributed by atoms with van der Waals surface area (Å²) in [5.41, 5.74) is 6.92. The molecule has 274 valence electrons. The third kappa shape index (κ3) is 11.7. The van der Waals surface area contributed by atoms with Crippen LogP contribution >= 0.6 is 59.7 Å². The number of nitrogens with zero attached hydrogens (tertiary/aromatic N) is 7. The van der Waals surface area contributed by atoms with E-state index in [0.717, 1.165) is 32.2 Å². The number of thiazole rings is 1. The van der Waals surface area contributed by atoms with Crippen LogP contribution in [-0.2, 0) is 41.6 Å². The lowest BCUT2D eigenvalue weighted by molar-refractivity contribution is -0.171. The fraction of sp³-hybridized carbons (Fsp3) is 0.655. The SMILES string of the molecule is CCCCC(CCCC)C(=O)OCOC(=O)C1=C(CSc2nnnn2CCN(C)C)CS[C@@H]2[C@H](NC(=O)Cc3csc(N)n3)C(=O)N12.Cl.Cl. The van der Waals surface area contributed by atoms with Crippen LogP contribution in [0.25, 0.3) is 0 Å². The van der Waals surface area contributed by atoms with Crippen LogP contribution in [-0.4, -0.2) is 109 Å². The molecule has 15 nitrogen and oxygen atoms in total. The van der Waals surface area contributed by atoms with Crippen molar-refractivity contribution in [1.82, 2.24) is 40.3 Å². The van der Waals surface area contributed by atoms with E-state index in [1.54, 1.807) is 10.1 Å². The molecule has 0 aromatic carbocycles. The fourth-order valence-corrected chi connectivity index (χ4v) is 8.02. The number of hydrogen-bond donors (Lipinski definition) is 2. The molecule has 2 amide bonds. The number of unbranched alkanes of at least 4 members (excludes halogenated alkanes) is 2. The zero-order valence-electron chi connectivity index (χ0n) is 28.0. The van der Waals surface area contributed by atoms with Gasteiger partial charge in [0.25, 0.3) is 5.91 Å². The first kappa shape index (κ1) is 42.5. The maximum atomic E-state index is 13.6. The van der Waals surface area contributed by atoms with Gasteiger partial charge in [0.15, 0.2) is 5.13 Å². The number of anilines is 1. The molecular formula is C29H45Cl2N9O6S3. The van der Waals surface area contributed by atoms with Gasteiger partial charge < -0.3 is 25.4 Å². The summed E-state index contributed by atoms with van der Waals surface area (Å²) >= 11 is 4.01. The molecule has 3 N–H and O–H groups in total. The standard InChI is InChI=1S/C29H43N9O6S3.2ClH/c1-5-7-9-18(10-8-6-2)26(41)43-17-44-27(42)23-19(15-47-29-33-34-35-37(29)12-11-36(3)4)14-45-25-22(24(40)38(23)25)32-21(39)13-20-16-46-28(30)31-20;;/h16,18,22,25H,5-15,17H2,1-4H3,(H2,30,31)(H,32,39);2*1H/t22-,25-;;/m1../s1. The number of fused-ring (bicyclic) bond motifs is 1. The zero-order chi connectivity index (χ0) is 33.9. The number of ether oxygens (including phenoxy) is 2. The molecule has 2 aliphatic rings. The molecule has 0 radical (unpaired) electrons. The summed E-state index contributed by atoms with van der Waals surface area (Å²) in [7, 11) is 3.91. The number of aromatic nitrogens is 5. The van der Waals surface area contributed by atoms with E-state index in [9.17, 15) is 19.2 Å². The number of carbonyl (C=O) groups excluding carboxylic acids is 4. The van der Waals surface area contributed by atoms with Gasteiger partial charge in [-0.05, 0) is 42.9 Å². The van der Waals surface area contributed by atoms with E-state index >= 15 is 0 Å². The van der Waals surface area contributed by atoms with E-state index in [2.05, 4.69) is 39.7 Å². The van der Waals surface area contributed by atoms with Crippen molar-refractivity contribution in [1.29, 1.82) is 0 Å². The average Bonchev–Trinajstić information content (AvgIpc) is 3.68. The largest absolute Gasteiger partial charge is 0.428 e. The molecule has 4 rings (SSSR count). The molecule has 0 saturated carbocycles. The minimum Gasteiger partial charge on any atom is -0.428 e. The molecule has 0 aliphatic carbocycles. The summed E-state index contributed by atoms with van der Waals surface area (Å²) in [6, 6.07) is -0.825. The number of carbonyl (C=O) groups is 4. The van der Waals surface area contributed by atoms with Gasteiger partial charge in [0.1, 0.15) is 17.1 Å². The Morgan fingerprint density at radius 3 is 2.51 bits per heavy atom. The van der Waals surface area contributed by atoms with E-state index in [1.807, 2.05) is 19.0 Å². The highest BCUT2D eigenvalue weighted by molar-refractivity contribution is 8.01. The Morgan fingerprint density at radius 1 is 1.16 bits per heavy atom. The highest BCUT2D eigenvalue weighted by Gasteiger charge is 2.54. The second-order valence-electron chi connectivity index (χ2n) is 11.5. The molecule has 2 atom stereocenters. The van der Waals surface area contributed by atoms with Gasteiger partial charge in [-0.2, -0.15) is 0 Å². The Balaban J connectivity index is 0.00000417. The summed E-state index contributed by atoms with van der Waals surface area (Å²) in [6.07, 6.45) is 5.15. The predicted molar refractivity (Wildman–Crippen MR) is 193 cm³/mol. The van der Waals surface area contributed by atoms with Gasteiger partial charge in [-0.25, -0.2) is 14.5 Å². The second kappa shape index (κ2) is 20.9. The van der Waals surface area contributed by atoms with Crippen molar-refractivity contribution in [3.05, 3.63) is 22.3 Å². The van der Waals surface area contributed by atoms with Gasteiger partial charge in [-0.3, -0.25) is 19.3 Å². The fourth-order valence-electron chi connectivity index (χ4n) is 5.07. The molecule has 1 fully saturated rings. The van der Waals surface area contributed by atoms with Crippen LogP contribution in [0.3, 0.4) is 0 Å². The number of nitrogen functional groups attached to an aromatic ring is 1. The normalized spacial score (nSPS) is 16.9. The van der Waals surface area contributed by atoms with E-state index in [-0.39, 0.29) is 48.8 Å². The molecule has 0 spiro atoms. The number of thioether (sulfide) groups is 2. The smallest absolute Gasteiger partial charge is 0.357 e. The minimum atomic E-state index is -0.825. The first-order valence-corrected chi connectivity index (χ1v) is 18.6. The average molecular weight is 783 g/mol. The van der Waals surface area contributed by atoms with Crippen molar-refractivity contribution < 1.29 is 28.7 Å². The minimum absolute atomic E-state index is 0. The van der Waals surface area contributed by atoms with Crippen molar-refractivity contribution in [2.75, 3.05) is 44.7 Å². The topological polar surface area (TPSA) is 188 Å². The molecule has 2 aromatic heterocycles. The molecule has 1 saturated heterocycles. The van der Waals surface area contributed by atoms with Gasteiger partial charge in [-0.1, -0.05) is 51.3 Å².